The molecule has 0 spiro atoms. The minimum atomic E-state index is -0.154. The number of amides is 2. The minimum absolute atomic E-state index is 0.0233. The Morgan fingerprint density at radius 1 is 1.13 bits per heavy atom. The third-order valence-corrected chi connectivity index (χ3v) is 5.14. The van der Waals surface area contributed by atoms with Crippen molar-refractivity contribution in [1.82, 2.24) is 16.0 Å². The summed E-state index contributed by atoms with van der Waals surface area (Å²) < 4.78 is 0. The van der Waals surface area contributed by atoms with Crippen molar-refractivity contribution in [3.05, 3.63) is 29.3 Å². The van der Waals surface area contributed by atoms with Gasteiger partial charge in [-0.3, -0.25) is 14.9 Å². The van der Waals surface area contributed by atoms with Crippen molar-refractivity contribution in [3.8, 4) is 0 Å². The zero-order chi connectivity index (χ0) is 15.8. The average Bonchev–Trinajstić information content (AvgIpc) is 2.99. The lowest BCUT2D eigenvalue weighted by Crippen LogP contribution is -2.44. The predicted molar refractivity (Wildman–Crippen MR) is 87.0 cm³/mol. The van der Waals surface area contributed by atoms with Gasteiger partial charge in [-0.1, -0.05) is 6.07 Å². The van der Waals surface area contributed by atoms with Gasteiger partial charge in [-0.05, 0) is 29.7 Å². The van der Waals surface area contributed by atoms with Crippen LogP contribution in [0, 0.1) is 5.92 Å². The number of nitrogens with one attached hydrogen (secondary N) is 3. The number of rotatable bonds is 2. The second kappa shape index (κ2) is 5.94. The average molecular weight is 314 g/mol. The molecule has 23 heavy (non-hydrogen) atoms. The van der Waals surface area contributed by atoms with E-state index in [4.69, 9.17) is 0 Å². The summed E-state index contributed by atoms with van der Waals surface area (Å²) >= 11 is 0. The number of carbonyl (C=O) groups is 2. The van der Waals surface area contributed by atoms with E-state index in [1.54, 1.807) is 0 Å². The Labute approximate surface area is 135 Å². The number of hydrogen-bond acceptors (Lipinski definition) is 5. The molecule has 3 N–H and O–H groups in total. The number of benzene rings is 1. The third-order valence-electron chi connectivity index (χ3n) is 5.14. The van der Waals surface area contributed by atoms with Gasteiger partial charge in [0.15, 0.2) is 0 Å². The molecule has 0 radical (unpaired) electrons. The number of fused-ring (bicyclic) bond motifs is 1. The summed E-state index contributed by atoms with van der Waals surface area (Å²) in [5.74, 6) is -0.449. The first-order chi connectivity index (χ1) is 11.2. The number of carbonyl (C=O) groups excluding carboxylic acids is 2. The van der Waals surface area contributed by atoms with Gasteiger partial charge in [0.05, 0.1) is 5.92 Å². The van der Waals surface area contributed by atoms with Gasteiger partial charge in [-0.25, -0.2) is 0 Å². The van der Waals surface area contributed by atoms with Crippen molar-refractivity contribution < 1.29 is 9.59 Å². The topological polar surface area (TPSA) is 73.5 Å². The van der Waals surface area contributed by atoms with Crippen LogP contribution < -0.4 is 20.9 Å². The van der Waals surface area contributed by atoms with Crippen molar-refractivity contribution in [2.24, 2.45) is 5.92 Å². The van der Waals surface area contributed by atoms with Gasteiger partial charge in [0.2, 0.25) is 11.8 Å². The number of hydrogen-bond donors (Lipinski definition) is 3. The van der Waals surface area contributed by atoms with E-state index in [0.717, 1.165) is 32.7 Å². The molecule has 3 heterocycles. The maximum atomic E-state index is 12.1. The molecular weight excluding hydrogens is 292 g/mol. The van der Waals surface area contributed by atoms with Crippen molar-refractivity contribution in [2.45, 2.75) is 25.4 Å². The number of nitrogens with zero attached hydrogens (tertiary/aromatic N) is 1. The summed E-state index contributed by atoms with van der Waals surface area (Å²) in [4.78, 5) is 25.9. The summed E-state index contributed by atoms with van der Waals surface area (Å²) in [5, 5.41) is 9.30. The summed E-state index contributed by atoms with van der Waals surface area (Å²) in [7, 11) is 0. The summed E-state index contributed by atoms with van der Waals surface area (Å²) in [6, 6.07) is 6.59. The molecule has 0 bridgehead atoms. The molecule has 6 heteroatoms. The highest BCUT2D eigenvalue weighted by molar-refractivity contribution is 5.99. The Hall–Kier alpha value is -1.92. The van der Waals surface area contributed by atoms with E-state index in [-0.39, 0.29) is 23.8 Å². The normalized spacial score (nSPS) is 27.7. The third kappa shape index (κ3) is 2.72. The number of piperidine rings is 1. The quantitative estimate of drug-likeness (QED) is 0.685. The Balaban J connectivity index is 1.55. The Kier molecular flexibility index (Phi) is 3.79. The highest BCUT2D eigenvalue weighted by Gasteiger charge is 2.37. The number of anilines is 1. The maximum absolute atomic E-state index is 12.1. The van der Waals surface area contributed by atoms with Crippen LogP contribution in [0.25, 0.3) is 0 Å². The monoisotopic (exact) mass is 314 g/mol. The van der Waals surface area contributed by atoms with Crippen molar-refractivity contribution in [3.63, 3.8) is 0 Å². The molecule has 2 saturated heterocycles. The molecule has 6 nitrogen and oxygen atoms in total. The largest absolute Gasteiger partial charge is 0.369 e. The molecule has 0 aliphatic carbocycles. The van der Waals surface area contributed by atoms with Crippen LogP contribution >= 0.6 is 0 Å². The van der Waals surface area contributed by atoms with Crippen LogP contribution in [-0.4, -0.2) is 38.0 Å². The molecular formula is C17H22N4O2. The van der Waals surface area contributed by atoms with Crippen LogP contribution in [0.5, 0.6) is 0 Å². The zero-order valence-electron chi connectivity index (χ0n) is 13.1. The van der Waals surface area contributed by atoms with Crippen LogP contribution in [0.3, 0.4) is 0 Å². The van der Waals surface area contributed by atoms with Crippen LogP contribution in [0.1, 0.15) is 30.0 Å². The van der Waals surface area contributed by atoms with Crippen LogP contribution in [0.15, 0.2) is 18.2 Å². The molecule has 2 unspecified atom stereocenters. The van der Waals surface area contributed by atoms with E-state index in [9.17, 15) is 9.59 Å². The molecule has 2 fully saturated rings. The first-order valence-electron chi connectivity index (χ1n) is 8.38. The van der Waals surface area contributed by atoms with E-state index in [2.05, 4.69) is 39.0 Å². The molecule has 0 saturated carbocycles. The minimum Gasteiger partial charge on any atom is -0.369 e. The van der Waals surface area contributed by atoms with Crippen molar-refractivity contribution in [1.29, 1.82) is 0 Å². The molecule has 0 aromatic heterocycles. The van der Waals surface area contributed by atoms with E-state index >= 15 is 0 Å². The Morgan fingerprint density at radius 2 is 1.96 bits per heavy atom. The molecule has 122 valence electrons. The van der Waals surface area contributed by atoms with Gasteiger partial charge in [0.25, 0.3) is 0 Å². The summed E-state index contributed by atoms with van der Waals surface area (Å²) in [6.45, 7) is 4.89. The standard InChI is InChI=1S/C17H22N4O2/c22-15-4-3-14(17(23)20-15)16-13-2-1-12(9-11(13)10-19-16)21-7-5-18-6-8-21/h1-2,9,14,16,18-19H,3-8,10H2,(H,20,22,23). The fraction of sp³-hybridized carbons (Fsp3) is 0.529. The number of imide groups is 1. The van der Waals surface area contributed by atoms with E-state index in [0.29, 0.717) is 12.8 Å². The fourth-order valence-electron chi connectivity index (χ4n) is 3.89. The van der Waals surface area contributed by atoms with Crippen molar-refractivity contribution >= 4 is 17.5 Å². The molecule has 3 aliphatic rings. The predicted octanol–water partition coefficient (Wildman–Crippen LogP) is 0.293. The van der Waals surface area contributed by atoms with Gasteiger partial charge in [0, 0.05) is 50.9 Å². The molecule has 2 atom stereocenters. The highest BCUT2D eigenvalue weighted by Crippen LogP contribution is 2.36. The molecule has 3 aliphatic heterocycles. The molecule has 2 amide bonds. The van der Waals surface area contributed by atoms with Crippen LogP contribution in [0.4, 0.5) is 5.69 Å². The second-order valence-corrected chi connectivity index (χ2v) is 6.54. The lowest BCUT2D eigenvalue weighted by atomic mass is 9.86. The first-order valence-corrected chi connectivity index (χ1v) is 8.38. The molecule has 4 rings (SSSR count). The van der Waals surface area contributed by atoms with E-state index in [1.165, 1.54) is 16.8 Å². The molecule has 1 aromatic rings. The van der Waals surface area contributed by atoms with Crippen LogP contribution in [0.2, 0.25) is 0 Å². The van der Waals surface area contributed by atoms with Gasteiger partial charge < -0.3 is 15.5 Å². The SMILES string of the molecule is O=C1CCC(C2NCc3cc(N4CCNCC4)ccc32)C(=O)N1. The first kappa shape index (κ1) is 14.7. The smallest absolute Gasteiger partial charge is 0.231 e. The van der Waals surface area contributed by atoms with Gasteiger partial charge in [-0.2, -0.15) is 0 Å². The fourth-order valence-corrected chi connectivity index (χ4v) is 3.89. The zero-order valence-corrected chi connectivity index (χ0v) is 13.1. The van der Waals surface area contributed by atoms with Gasteiger partial charge in [-0.15, -0.1) is 0 Å². The summed E-state index contributed by atoms with van der Waals surface area (Å²) in [6.07, 6.45) is 1.06. The van der Waals surface area contributed by atoms with Crippen molar-refractivity contribution in [2.75, 3.05) is 31.1 Å². The Morgan fingerprint density at radius 3 is 2.74 bits per heavy atom. The lowest BCUT2D eigenvalue weighted by molar-refractivity contribution is -0.137. The molecule has 1 aromatic carbocycles. The second-order valence-electron chi connectivity index (χ2n) is 6.54. The van der Waals surface area contributed by atoms with Crippen LogP contribution in [-0.2, 0) is 16.1 Å². The van der Waals surface area contributed by atoms with E-state index in [1.807, 2.05) is 0 Å². The van der Waals surface area contributed by atoms with E-state index < -0.39 is 0 Å². The number of piperazine rings is 1. The van der Waals surface area contributed by atoms with Gasteiger partial charge in [0.1, 0.15) is 0 Å². The summed E-state index contributed by atoms with van der Waals surface area (Å²) in [5.41, 5.74) is 3.74. The Bertz CT molecular complexity index is 639. The highest BCUT2D eigenvalue weighted by atomic mass is 16.2. The van der Waals surface area contributed by atoms with Gasteiger partial charge >= 0.3 is 0 Å². The lowest BCUT2D eigenvalue weighted by Gasteiger charge is -2.30. The maximum Gasteiger partial charge on any atom is 0.231 e.